The molecule has 3 atom stereocenters. The zero-order valence-electron chi connectivity index (χ0n) is 12.4. The molecule has 1 aromatic rings. The normalized spacial score (nSPS) is 28.3. The molecule has 2 aliphatic heterocycles. The van der Waals surface area contributed by atoms with Crippen LogP contribution in [0.15, 0.2) is 24.3 Å². The fourth-order valence-corrected chi connectivity index (χ4v) is 3.21. The Morgan fingerprint density at radius 2 is 2.18 bits per heavy atom. The van der Waals surface area contributed by atoms with Crippen molar-refractivity contribution in [2.75, 3.05) is 19.6 Å². The molecule has 0 saturated carbocycles. The Morgan fingerprint density at radius 1 is 1.41 bits per heavy atom. The number of carbonyl (C=O) groups is 1. The van der Waals surface area contributed by atoms with Crippen molar-refractivity contribution >= 4 is 17.5 Å². The summed E-state index contributed by atoms with van der Waals surface area (Å²) in [6.45, 7) is 2.30. The van der Waals surface area contributed by atoms with Crippen molar-refractivity contribution in [3.8, 4) is 0 Å². The number of hydrogen-bond acceptors (Lipinski definition) is 3. The summed E-state index contributed by atoms with van der Waals surface area (Å²) >= 11 is 5.87. The second kappa shape index (κ2) is 6.94. The van der Waals surface area contributed by atoms with Gasteiger partial charge in [-0.05, 0) is 30.5 Å². The average Bonchev–Trinajstić information content (AvgIpc) is 3.15. The van der Waals surface area contributed by atoms with Crippen LogP contribution in [-0.4, -0.2) is 48.7 Å². The molecule has 2 heterocycles. The van der Waals surface area contributed by atoms with Gasteiger partial charge in [0.25, 0.3) is 0 Å². The lowest BCUT2D eigenvalue weighted by Gasteiger charge is -2.20. The van der Waals surface area contributed by atoms with E-state index >= 15 is 0 Å². The highest BCUT2D eigenvalue weighted by molar-refractivity contribution is 6.30. The number of benzene rings is 1. The van der Waals surface area contributed by atoms with E-state index < -0.39 is 6.17 Å². The van der Waals surface area contributed by atoms with Gasteiger partial charge in [-0.15, -0.1) is 0 Å². The molecular formula is C16H21ClFN3O. The fraction of sp³-hybridized carbons (Fsp3) is 0.562. The number of carbonyl (C=O) groups excluding carboxylic acids is 1. The molecule has 2 N–H and O–H groups in total. The molecule has 2 aliphatic rings. The molecule has 0 aromatic heterocycles. The first-order chi connectivity index (χ1) is 10.6. The van der Waals surface area contributed by atoms with Crippen LogP contribution in [0.1, 0.15) is 18.4 Å². The first kappa shape index (κ1) is 15.7. The molecule has 2 saturated heterocycles. The van der Waals surface area contributed by atoms with Gasteiger partial charge >= 0.3 is 0 Å². The van der Waals surface area contributed by atoms with E-state index in [1.165, 1.54) is 5.56 Å². The third-order valence-corrected chi connectivity index (χ3v) is 4.63. The highest BCUT2D eigenvalue weighted by Gasteiger charge is 2.35. The highest BCUT2D eigenvalue weighted by Crippen LogP contribution is 2.17. The Labute approximate surface area is 135 Å². The van der Waals surface area contributed by atoms with Crippen molar-refractivity contribution in [2.24, 2.45) is 0 Å². The maximum Gasteiger partial charge on any atom is 0.239 e. The van der Waals surface area contributed by atoms with E-state index in [9.17, 15) is 9.18 Å². The minimum Gasteiger partial charge on any atom is -0.338 e. The van der Waals surface area contributed by atoms with Crippen molar-refractivity contribution in [3.05, 3.63) is 34.9 Å². The number of nitrogens with one attached hydrogen (secondary N) is 2. The highest BCUT2D eigenvalue weighted by atomic mass is 35.5. The summed E-state index contributed by atoms with van der Waals surface area (Å²) in [7, 11) is 0. The maximum absolute atomic E-state index is 13.2. The van der Waals surface area contributed by atoms with Gasteiger partial charge < -0.3 is 15.5 Å². The van der Waals surface area contributed by atoms with E-state index in [0.717, 1.165) is 24.5 Å². The van der Waals surface area contributed by atoms with Crippen LogP contribution in [0.5, 0.6) is 0 Å². The number of nitrogens with zero attached hydrogens (tertiary/aromatic N) is 1. The minimum atomic E-state index is -0.857. The van der Waals surface area contributed by atoms with Crippen LogP contribution in [0, 0.1) is 0 Å². The molecule has 0 aliphatic carbocycles. The van der Waals surface area contributed by atoms with Gasteiger partial charge in [0.15, 0.2) is 0 Å². The summed E-state index contributed by atoms with van der Waals surface area (Å²) in [5.74, 6) is 0.0379. The molecule has 0 spiro atoms. The van der Waals surface area contributed by atoms with Gasteiger partial charge in [0.1, 0.15) is 6.17 Å². The molecule has 3 rings (SSSR count). The van der Waals surface area contributed by atoms with Crippen molar-refractivity contribution < 1.29 is 9.18 Å². The Balaban J connectivity index is 1.46. The lowest BCUT2D eigenvalue weighted by atomic mass is 10.1. The van der Waals surface area contributed by atoms with Crippen LogP contribution in [0.25, 0.3) is 0 Å². The molecule has 4 nitrogen and oxygen atoms in total. The largest absolute Gasteiger partial charge is 0.338 e. The van der Waals surface area contributed by atoms with Gasteiger partial charge in [0.05, 0.1) is 12.6 Å². The van der Waals surface area contributed by atoms with Crippen LogP contribution in [-0.2, 0) is 11.3 Å². The minimum absolute atomic E-state index is 0.0379. The van der Waals surface area contributed by atoms with Crippen molar-refractivity contribution in [2.45, 2.75) is 37.6 Å². The van der Waals surface area contributed by atoms with E-state index in [1.54, 1.807) is 4.90 Å². The van der Waals surface area contributed by atoms with Crippen LogP contribution in [0.2, 0.25) is 5.02 Å². The summed E-state index contributed by atoms with van der Waals surface area (Å²) in [5.41, 5.74) is 1.17. The SMILES string of the molecule is O=C([C@@H]1C[C@H](NCc2ccc(Cl)cc2)CN1)N1CCC(F)C1. The monoisotopic (exact) mass is 325 g/mol. The van der Waals surface area contributed by atoms with E-state index in [0.29, 0.717) is 13.0 Å². The molecule has 6 heteroatoms. The number of amides is 1. The number of rotatable bonds is 4. The van der Waals surface area contributed by atoms with Crippen LogP contribution in [0.3, 0.4) is 0 Å². The molecule has 0 bridgehead atoms. The van der Waals surface area contributed by atoms with Crippen LogP contribution in [0.4, 0.5) is 4.39 Å². The van der Waals surface area contributed by atoms with Gasteiger partial charge in [0.2, 0.25) is 5.91 Å². The quantitative estimate of drug-likeness (QED) is 0.886. The van der Waals surface area contributed by atoms with Crippen molar-refractivity contribution in [1.29, 1.82) is 0 Å². The summed E-state index contributed by atoms with van der Waals surface area (Å²) < 4.78 is 13.2. The van der Waals surface area contributed by atoms with Gasteiger partial charge in [0, 0.05) is 30.7 Å². The lowest BCUT2D eigenvalue weighted by molar-refractivity contribution is -0.132. The molecule has 1 amide bonds. The van der Waals surface area contributed by atoms with Gasteiger partial charge in [-0.3, -0.25) is 4.79 Å². The number of alkyl halides is 1. The maximum atomic E-state index is 13.2. The molecule has 2 fully saturated rings. The fourth-order valence-electron chi connectivity index (χ4n) is 3.08. The molecular weight excluding hydrogens is 305 g/mol. The summed E-state index contributed by atoms with van der Waals surface area (Å²) in [5, 5.41) is 7.43. The predicted octanol–water partition coefficient (Wildman–Crippen LogP) is 1.73. The molecule has 0 radical (unpaired) electrons. The van der Waals surface area contributed by atoms with Crippen molar-refractivity contribution in [3.63, 3.8) is 0 Å². The van der Waals surface area contributed by atoms with E-state index in [4.69, 9.17) is 11.6 Å². The van der Waals surface area contributed by atoms with Crippen LogP contribution >= 0.6 is 11.6 Å². The Kier molecular flexibility index (Phi) is 4.96. The van der Waals surface area contributed by atoms with E-state index in [1.807, 2.05) is 24.3 Å². The third-order valence-electron chi connectivity index (χ3n) is 4.38. The number of hydrogen-bond donors (Lipinski definition) is 2. The summed E-state index contributed by atoms with van der Waals surface area (Å²) in [4.78, 5) is 13.9. The van der Waals surface area contributed by atoms with E-state index in [-0.39, 0.29) is 24.5 Å². The smallest absolute Gasteiger partial charge is 0.239 e. The second-order valence-electron chi connectivity index (χ2n) is 6.07. The van der Waals surface area contributed by atoms with Crippen LogP contribution < -0.4 is 10.6 Å². The molecule has 22 heavy (non-hydrogen) atoms. The zero-order chi connectivity index (χ0) is 15.5. The predicted molar refractivity (Wildman–Crippen MR) is 84.6 cm³/mol. The third kappa shape index (κ3) is 3.77. The second-order valence-corrected chi connectivity index (χ2v) is 6.51. The molecule has 120 valence electrons. The molecule has 1 aromatic carbocycles. The Morgan fingerprint density at radius 3 is 2.86 bits per heavy atom. The number of halogens is 2. The molecule has 1 unspecified atom stereocenters. The topological polar surface area (TPSA) is 44.4 Å². The lowest BCUT2D eigenvalue weighted by Crippen LogP contribution is -2.42. The Hall–Kier alpha value is -1.17. The van der Waals surface area contributed by atoms with Gasteiger partial charge in [-0.1, -0.05) is 23.7 Å². The number of likely N-dealkylation sites (tertiary alicyclic amines) is 1. The Bertz CT molecular complexity index is 525. The summed E-state index contributed by atoms with van der Waals surface area (Å²) in [6.07, 6.45) is 0.362. The van der Waals surface area contributed by atoms with Crippen molar-refractivity contribution in [1.82, 2.24) is 15.5 Å². The van der Waals surface area contributed by atoms with E-state index in [2.05, 4.69) is 10.6 Å². The first-order valence-corrected chi connectivity index (χ1v) is 8.13. The van der Waals surface area contributed by atoms with Gasteiger partial charge in [-0.25, -0.2) is 4.39 Å². The average molecular weight is 326 g/mol. The first-order valence-electron chi connectivity index (χ1n) is 7.76. The zero-order valence-corrected chi connectivity index (χ0v) is 13.2. The standard InChI is InChI=1S/C16H21ClFN3O/c17-12-3-1-11(2-4-12)8-19-14-7-15(20-9-14)16(22)21-6-5-13(18)10-21/h1-4,13-15,19-20H,5-10H2/t13?,14-,15-/m0/s1. The van der Waals surface area contributed by atoms with Gasteiger partial charge in [-0.2, -0.15) is 0 Å². The summed E-state index contributed by atoms with van der Waals surface area (Å²) in [6, 6.07) is 7.80.